The van der Waals surface area contributed by atoms with Crippen LogP contribution in [-0.4, -0.2) is 58.2 Å². The molecule has 2 heterocycles. The Bertz CT molecular complexity index is 919. The van der Waals surface area contributed by atoms with E-state index in [9.17, 15) is 0 Å². The minimum atomic E-state index is 0.458. The number of rotatable bonds is 10. The third kappa shape index (κ3) is 6.29. The van der Waals surface area contributed by atoms with Gasteiger partial charge in [-0.3, -0.25) is 14.3 Å². The van der Waals surface area contributed by atoms with Crippen LogP contribution in [0.2, 0.25) is 0 Å². The number of hydrogen-bond acceptors (Lipinski definition) is 4. The zero-order chi connectivity index (χ0) is 21.2. The first-order chi connectivity index (χ1) is 14.7. The second kappa shape index (κ2) is 11.3. The van der Waals surface area contributed by atoms with Crippen LogP contribution >= 0.6 is 0 Å². The lowest BCUT2D eigenvalue weighted by Crippen LogP contribution is -2.39. The first kappa shape index (κ1) is 21.8. The lowest BCUT2D eigenvalue weighted by molar-refractivity contribution is 0.240. The van der Waals surface area contributed by atoms with Gasteiger partial charge in [0.25, 0.3) is 0 Å². The molecule has 1 unspecified atom stereocenters. The number of pyridine rings is 1. The molecule has 0 spiro atoms. The molecular weight excluding hydrogens is 374 g/mol. The fraction of sp³-hybridized carbons (Fsp3) is 0.435. The molecule has 0 bridgehead atoms. The Kier molecular flexibility index (Phi) is 8.20. The predicted molar refractivity (Wildman–Crippen MR) is 123 cm³/mol. The fourth-order valence-corrected chi connectivity index (χ4v) is 3.31. The summed E-state index contributed by atoms with van der Waals surface area (Å²) in [4.78, 5) is 7.13. The SMILES string of the molecule is CCNC(=NCCC(C)N(C)Cc1ccccc1)NCCc1nnc2ccccn12. The summed E-state index contributed by atoms with van der Waals surface area (Å²) in [7, 11) is 2.17. The normalized spacial score (nSPS) is 13.0. The number of aromatic nitrogens is 3. The van der Waals surface area contributed by atoms with E-state index in [2.05, 4.69) is 77.0 Å². The monoisotopic (exact) mass is 407 g/mol. The van der Waals surface area contributed by atoms with Gasteiger partial charge in [0.1, 0.15) is 5.82 Å². The Balaban J connectivity index is 1.45. The van der Waals surface area contributed by atoms with Crippen LogP contribution in [0.5, 0.6) is 0 Å². The maximum Gasteiger partial charge on any atom is 0.191 e. The molecule has 0 aliphatic carbocycles. The smallest absolute Gasteiger partial charge is 0.191 e. The van der Waals surface area contributed by atoms with Crippen molar-refractivity contribution < 1.29 is 0 Å². The summed E-state index contributed by atoms with van der Waals surface area (Å²) in [6, 6.07) is 17.0. The highest BCUT2D eigenvalue weighted by atomic mass is 15.2. The van der Waals surface area contributed by atoms with Crippen molar-refractivity contribution in [1.29, 1.82) is 0 Å². The van der Waals surface area contributed by atoms with E-state index in [4.69, 9.17) is 4.99 Å². The largest absolute Gasteiger partial charge is 0.357 e. The van der Waals surface area contributed by atoms with Crippen LogP contribution in [0, 0.1) is 0 Å². The van der Waals surface area contributed by atoms with Crippen LogP contribution in [0.25, 0.3) is 5.65 Å². The van der Waals surface area contributed by atoms with Crippen molar-refractivity contribution >= 4 is 11.6 Å². The highest BCUT2D eigenvalue weighted by Crippen LogP contribution is 2.08. The van der Waals surface area contributed by atoms with Gasteiger partial charge in [-0.1, -0.05) is 36.4 Å². The summed E-state index contributed by atoms with van der Waals surface area (Å²) in [6.45, 7) is 7.67. The zero-order valence-corrected chi connectivity index (χ0v) is 18.3. The van der Waals surface area contributed by atoms with Crippen LogP contribution in [0.1, 0.15) is 31.7 Å². The average Bonchev–Trinajstić information content (AvgIpc) is 3.17. The van der Waals surface area contributed by atoms with Crippen molar-refractivity contribution in [3.63, 3.8) is 0 Å². The van der Waals surface area contributed by atoms with Crippen LogP contribution in [-0.2, 0) is 13.0 Å². The highest BCUT2D eigenvalue weighted by molar-refractivity contribution is 5.79. The lowest BCUT2D eigenvalue weighted by Gasteiger charge is -2.24. The topological polar surface area (TPSA) is 69.8 Å². The number of nitrogens with zero attached hydrogens (tertiary/aromatic N) is 5. The number of nitrogens with one attached hydrogen (secondary N) is 2. The Hall–Kier alpha value is -2.93. The van der Waals surface area contributed by atoms with E-state index in [0.29, 0.717) is 6.04 Å². The maximum absolute atomic E-state index is 4.75. The summed E-state index contributed by atoms with van der Waals surface area (Å²) < 4.78 is 2.02. The van der Waals surface area contributed by atoms with Crippen LogP contribution in [0.4, 0.5) is 0 Å². The molecule has 7 heteroatoms. The maximum atomic E-state index is 4.75. The summed E-state index contributed by atoms with van der Waals surface area (Å²) >= 11 is 0. The number of aliphatic imine (C=N–C) groups is 1. The quantitative estimate of drug-likeness (QED) is 0.399. The van der Waals surface area contributed by atoms with Crippen molar-refractivity contribution in [2.45, 2.75) is 39.3 Å². The van der Waals surface area contributed by atoms with Gasteiger partial charge < -0.3 is 10.6 Å². The van der Waals surface area contributed by atoms with Gasteiger partial charge in [0, 0.05) is 44.8 Å². The van der Waals surface area contributed by atoms with Crippen molar-refractivity contribution in [3.05, 3.63) is 66.1 Å². The lowest BCUT2D eigenvalue weighted by atomic mass is 10.1. The van der Waals surface area contributed by atoms with E-state index in [0.717, 1.165) is 56.5 Å². The van der Waals surface area contributed by atoms with Gasteiger partial charge in [0.15, 0.2) is 11.6 Å². The van der Waals surface area contributed by atoms with Gasteiger partial charge >= 0.3 is 0 Å². The van der Waals surface area contributed by atoms with Gasteiger partial charge in [-0.05, 0) is 45.0 Å². The van der Waals surface area contributed by atoms with E-state index in [1.165, 1.54) is 5.56 Å². The molecule has 0 radical (unpaired) electrons. The van der Waals surface area contributed by atoms with Crippen molar-refractivity contribution in [3.8, 4) is 0 Å². The van der Waals surface area contributed by atoms with E-state index in [-0.39, 0.29) is 0 Å². The second-order valence-electron chi connectivity index (χ2n) is 7.52. The van der Waals surface area contributed by atoms with Crippen molar-refractivity contribution in [2.24, 2.45) is 4.99 Å². The number of benzene rings is 1. The highest BCUT2D eigenvalue weighted by Gasteiger charge is 2.10. The molecule has 2 aromatic heterocycles. The van der Waals surface area contributed by atoms with Gasteiger partial charge in [-0.2, -0.15) is 0 Å². The van der Waals surface area contributed by atoms with Gasteiger partial charge in [0.2, 0.25) is 0 Å². The van der Waals surface area contributed by atoms with Gasteiger partial charge in [-0.25, -0.2) is 0 Å². The molecule has 2 N–H and O–H groups in total. The van der Waals surface area contributed by atoms with E-state index >= 15 is 0 Å². The number of fused-ring (bicyclic) bond motifs is 1. The first-order valence-electron chi connectivity index (χ1n) is 10.7. The Morgan fingerprint density at radius 2 is 1.90 bits per heavy atom. The van der Waals surface area contributed by atoms with Crippen LogP contribution < -0.4 is 10.6 Å². The van der Waals surface area contributed by atoms with E-state index < -0.39 is 0 Å². The average molecular weight is 408 g/mol. The van der Waals surface area contributed by atoms with Gasteiger partial charge in [0.05, 0.1) is 0 Å². The first-order valence-corrected chi connectivity index (χ1v) is 10.7. The number of guanidine groups is 1. The standard InChI is InChI=1S/C23H33N7/c1-4-24-23(26-16-14-22-28-27-21-12-8-9-17-30(21)22)25-15-13-19(2)29(3)18-20-10-6-5-7-11-20/h5-12,17,19H,4,13-16,18H2,1-3H3,(H2,24,25,26). The number of hydrogen-bond donors (Lipinski definition) is 2. The summed E-state index contributed by atoms with van der Waals surface area (Å²) in [6.07, 6.45) is 3.79. The molecule has 7 nitrogen and oxygen atoms in total. The Labute approximate surface area is 179 Å². The van der Waals surface area contributed by atoms with Crippen LogP contribution in [0.3, 0.4) is 0 Å². The minimum absolute atomic E-state index is 0.458. The summed E-state index contributed by atoms with van der Waals surface area (Å²) in [5.41, 5.74) is 2.22. The molecule has 0 aliphatic heterocycles. The van der Waals surface area contributed by atoms with E-state index in [1.807, 2.05) is 28.8 Å². The van der Waals surface area contributed by atoms with Crippen molar-refractivity contribution in [1.82, 2.24) is 30.1 Å². The molecule has 1 aromatic carbocycles. The minimum Gasteiger partial charge on any atom is -0.357 e. The predicted octanol–water partition coefficient (Wildman–Crippen LogP) is 2.74. The molecule has 1 atom stereocenters. The van der Waals surface area contributed by atoms with Gasteiger partial charge in [-0.15, -0.1) is 10.2 Å². The molecule has 0 saturated carbocycles. The van der Waals surface area contributed by atoms with E-state index in [1.54, 1.807) is 0 Å². The second-order valence-corrected chi connectivity index (χ2v) is 7.52. The fourth-order valence-electron chi connectivity index (χ4n) is 3.31. The molecule has 30 heavy (non-hydrogen) atoms. The Morgan fingerprint density at radius 1 is 1.10 bits per heavy atom. The molecular formula is C23H33N7. The molecule has 0 amide bonds. The molecule has 0 fully saturated rings. The zero-order valence-electron chi connectivity index (χ0n) is 18.3. The Morgan fingerprint density at radius 3 is 2.70 bits per heavy atom. The molecule has 3 aromatic rings. The molecule has 0 aliphatic rings. The summed E-state index contributed by atoms with van der Waals surface area (Å²) in [5, 5.41) is 15.2. The molecule has 0 saturated heterocycles. The molecule has 160 valence electrons. The van der Waals surface area contributed by atoms with Crippen LogP contribution in [0.15, 0.2) is 59.7 Å². The third-order valence-corrected chi connectivity index (χ3v) is 5.21. The van der Waals surface area contributed by atoms with Crippen molar-refractivity contribution in [2.75, 3.05) is 26.7 Å². The third-order valence-electron chi connectivity index (χ3n) is 5.21. The molecule has 3 rings (SSSR count). The summed E-state index contributed by atoms with van der Waals surface area (Å²) in [5.74, 6) is 1.80.